The molecule has 4 atom stereocenters. The average Bonchev–Trinajstić information content (AvgIpc) is 1.80. The largest absolute Gasteiger partial charge is 0.415 e. The molecule has 0 saturated carbocycles. The van der Waals surface area contributed by atoms with Crippen molar-refractivity contribution in [3.05, 3.63) is 180 Å². The minimum absolute atomic E-state index is 0.167. The molecule has 26 nitrogen and oxygen atoms in total. The number of morpholine rings is 1. The first-order chi connectivity index (χ1) is 50.9. The summed E-state index contributed by atoms with van der Waals surface area (Å²) in [5.41, 5.74) is 16.9. The first-order valence-electron chi connectivity index (χ1n) is 34.4. The Bertz CT molecular complexity index is 5350. The number of rotatable bonds is 16. The molecule has 11 heterocycles. The van der Waals surface area contributed by atoms with Crippen LogP contribution < -0.4 is 27.0 Å². The van der Waals surface area contributed by atoms with Crippen LogP contribution in [0.4, 0.5) is 5.82 Å². The minimum atomic E-state index is -3.39. The second kappa shape index (κ2) is 32.0. The van der Waals surface area contributed by atoms with E-state index in [0.29, 0.717) is 117 Å². The van der Waals surface area contributed by atoms with E-state index in [2.05, 4.69) is 71.8 Å². The fourth-order valence-electron chi connectivity index (χ4n) is 12.6. The summed E-state index contributed by atoms with van der Waals surface area (Å²) in [4.78, 5) is 29.2. The molecule has 6 N–H and O–H groups in total. The molecule has 4 aliphatic heterocycles. The maximum absolute atomic E-state index is 13.0. The van der Waals surface area contributed by atoms with Crippen LogP contribution in [0.2, 0.25) is 0 Å². The van der Waals surface area contributed by atoms with Crippen molar-refractivity contribution in [1.82, 2.24) is 81.8 Å². The van der Waals surface area contributed by atoms with E-state index in [1.807, 2.05) is 86.8 Å². The zero-order valence-corrected chi connectivity index (χ0v) is 61.7. The van der Waals surface area contributed by atoms with Gasteiger partial charge >= 0.3 is 0 Å². The number of hydrogen-bond acceptors (Lipinski definition) is 28. The number of piperidine rings is 3. The summed E-state index contributed by atoms with van der Waals surface area (Å²) in [5, 5.41) is 40.6. The van der Waals surface area contributed by atoms with Gasteiger partial charge in [-0.1, -0.05) is 90.2 Å². The molecule has 0 bridgehead atoms. The lowest BCUT2D eigenvalue weighted by Crippen LogP contribution is -2.38. The minimum Gasteiger partial charge on any atom is -0.415 e. The number of nitrogen functional groups attached to an aromatic ring is 1. The van der Waals surface area contributed by atoms with Crippen molar-refractivity contribution in [3.8, 4) is 100 Å². The van der Waals surface area contributed by atoms with E-state index < -0.39 is 40.0 Å². The quantitative estimate of drug-likeness (QED) is 0.0600. The van der Waals surface area contributed by atoms with Crippen LogP contribution in [0.3, 0.4) is 0 Å². The van der Waals surface area contributed by atoms with E-state index >= 15 is 0 Å². The topological polar surface area (TPSA) is 367 Å². The lowest BCUT2D eigenvalue weighted by Gasteiger charge is -2.24. The van der Waals surface area contributed by atoms with Gasteiger partial charge in [0.25, 0.3) is 17.7 Å². The van der Waals surface area contributed by atoms with Crippen LogP contribution in [0.15, 0.2) is 181 Å². The van der Waals surface area contributed by atoms with Gasteiger partial charge in [0.05, 0.1) is 102 Å². The third kappa shape index (κ3) is 16.3. The Labute approximate surface area is 615 Å². The molecule has 0 spiro atoms. The SMILES string of the molecule is Cc1ccsc1-c1nnc(-c2nc(-c3ccc(S(=O)(=O)[C@@H]4CCCNC4)cc3)cnc2N)o1.Cc1ncc(-c2ccc(S(=O)(=O)C3CCCNC3)cc2)nc1-c1nnc(-c2ccc(C3COCCN3)cc2)o1.Cc1ncc(-c2ccc(S(=O)(=O)C3CCCNC3)cc2)nc1-c1nnc(-c2ccccc2)s1. The summed E-state index contributed by atoms with van der Waals surface area (Å²) in [7, 11) is -10.1. The third-order valence-corrected chi connectivity index (χ3v) is 27.3. The molecular weight excluding hydrogens is 1430 g/mol. The van der Waals surface area contributed by atoms with E-state index in [1.165, 1.54) is 28.9 Å². The van der Waals surface area contributed by atoms with Crippen molar-refractivity contribution in [2.45, 2.75) is 95.8 Å². The molecule has 4 fully saturated rings. The molecule has 105 heavy (non-hydrogen) atoms. The number of nitrogens with one attached hydrogen (secondary N) is 4. The van der Waals surface area contributed by atoms with E-state index in [4.69, 9.17) is 29.3 Å². The Kier molecular flexibility index (Phi) is 22.0. The maximum Gasteiger partial charge on any atom is 0.270 e. The Morgan fingerprint density at radius 2 is 0.914 bits per heavy atom. The number of benzene rings is 5. The number of sulfone groups is 3. The van der Waals surface area contributed by atoms with E-state index in [-0.39, 0.29) is 34.6 Å². The highest BCUT2D eigenvalue weighted by Crippen LogP contribution is 2.36. The molecule has 5 aromatic carbocycles. The van der Waals surface area contributed by atoms with Crippen molar-refractivity contribution in [1.29, 1.82) is 0 Å². The zero-order valence-electron chi connectivity index (χ0n) is 57.6. The van der Waals surface area contributed by atoms with Crippen LogP contribution in [0.25, 0.3) is 100 Å². The second-order valence-corrected chi connectivity index (χ2v) is 34.3. The number of hydrogen-bond donors (Lipinski definition) is 5. The van der Waals surface area contributed by atoms with Gasteiger partial charge in [-0.25, -0.2) is 45.2 Å². The van der Waals surface area contributed by atoms with Crippen molar-refractivity contribution < 1.29 is 38.8 Å². The smallest absolute Gasteiger partial charge is 0.270 e. The van der Waals surface area contributed by atoms with Crippen molar-refractivity contribution in [2.24, 2.45) is 0 Å². The van der Waals surface area contributed by atoms with Crippen molar-refractivity contribution in [3.63, 3.8) is 0 Å². The van der Waals surface area contributed by atoms with Crippen LogP contribution in [-0.4, -0.2) is 161 Å². The lowest BCUT2D eigenvalue weighted by molar-refractivity contribution is 0.0769. The zero-order chi connectivity index (χ0) is 72.7. The highest BCUT2D eigenvalue weighted by Gasteiger charge is 2.32. The van der Waals surface area contributed by atoms with Gasteiger partial charge in [-0.05, 0) is 150 Å². The Morgan fingerprint density at radius 3 is 1.41 bits per heavy atom. The monoisotopic (exact) mass is 1510 g/mol. The van der Waals surface area contributed by atoms with Gasteiger partial charge in [0.15, 0.2) is 46.0 Å². The van der Waals surface area contributed by atoms with Gasteiger partial charge in [-0.2, -0.15) is 0 Å². The normalized spacial score (nSPS) is 17.9. The van der Waals surface area contributed by atoms with Gasteiger partial charge in [0.1, 0.15) is 16.4 Å². The summed E-state index contributed by atoms with van der Waals surface area (Å²) >= 11 is 2.98. The van der Waals surface area contributed by atoms with E-state index in [9.17, 15) is 25.3 Å². The second-order valence-electron chi connectivity index (χ2n) is 25.7. The number of anilines is 1. The average molecular weight is 1510 g/mol. The maximum atomic E-state index is 13.0. The standard InChI is InChI=1S/C28H30N6O4S.C24H23N5O2S2.C22H22N6O3S2/c1-18-26(28-34-33-27(38-28)21-6-4-20(5-7-21)25-17-37-14-13-30-25)32-24(16-31-18)19-8-10-22(11-9-19)39(35,36)23-3-2-12-29-15-23;1-16-22(24-29-28-23(32-24)18-6-3-2-4-7-18)27-21(15-26-16)17-9-11-19(12-10-17)33(30,31)20-8-5-13-25-14-20;1-13-8-10-32-19(13)22-28-27-21(31-22)18-20(23)25-12-17(26-18)14-4-6-15(7-5-14)33(29,30)16-3-2-9-24-11-16/h4-11,16,23,25,29-30H,2-3,12-15,17H2,1H3;2-4,6-7,9-12,15,20,25H,5,8,13-14H2,1H3;4-8,10,12,16,24H,2-3,9,11H2,1H3,(H2,23,25)/t;;16-/m..1/s1. The molecule has 3 unspecified atom stereocenters. The molecule has 540 valence electrons. The summed E-state index contributed by atoms with van der Waals surface area (Å²) in [6.07, 6.45) is 9.52. The lowest BCUT2D eigenvalue weighted by atomic mass is 10.0. The molecule has 7 aromatic heterocycles. The molecule has 31 heteroatoms. The van der Waals surface area contributed by atoms with Crippen LogP contribution in [0.1, 0.15) is 67.1 Å². The molecule has 0 radical (unpaired) electrons. The van der Waals surface area contributed by atoms with Crippen molar-refractivity contribution >= 4 is 58.0 Å². The molecule has 12 aromatic rings. The van der Waals surface area contributed by atoms with Gasteiger partial charge in [0, 0.05) is 54.0 Å². The van der Waals surface area contributed by atoms with E-state index in [0.717, 1.165) is 101 Å². The molecule has 4 saturated heterocycles. The number of nitrogens with two attached hydrogens (primary N) is 1. The van der Waals surface area contributed by atoms with Crippen molar-refractivity contribution in [2.75, 3.05) is 64.8 Å². The van der Waals surface area contributed by atoms with Crippen LogP contribution in [-0.2, 0) is 34.2 Å². The summed E-state index contributed by atoms with van der Waals surface area (Å²) in [6.45, 7) is 12.0. The highest BCUT2D eigenvalue weighted by atomic mass is 32.2. The van der Waals surface area contributed by atoms with Gasteiger partial charge in [-0.15, -0.1) is 41.9 Å². The fraction of sp³-hybridized carbons (Fsp3) is 0.297. The molecular formula is C74H75N17O9S5. The summed E-state index contributed by atoms with van der Waals surface area (Å²) in [5.74, 6) is 1.40. The Morgan fingerprint density at radius 1 is 0.457 bits per heavy atom. The van der Waals surface area contributed by atoms with Gasteiger partial charge < -0.3 is 40.6 Å². The van der Waals surface area contributed by atoms with Gasteiger partial charge in [-0.3, -0.25) is 9.97 Å². The Balaban J connectivity index is 0.000000133. The first kappa shape index (κ1) is 72.3. The fourth-order valence-corrected chi connectivity index (χ4v) is 19.5. The number of thiophene rings is 1. The first-order valence-corrected chi connectivity index (χ1v) is 40.8. The summed E-state index contributed by atoms with van der Waals surface area (Å²) < 4.78 is 95.2. The molecule has 4 aliphatic rings. The highest BCUT2D eigenvalue weighted by molar-refractivity contribution is 7.92. The Hall–Kier alpha value is -9.67. The number of ether oxygens (including phenoxy) is 1. The number of aromatic nitrogens is 12. The number of nitrogens with zero attached hydrogens (tertiary/aromatic N) is 12. The molecule has 0 aliphatic carbocycles. The summed E-state index contributed by atoms with van der Waals surface area (Å²) in [6, 6.07) is 40.4. The predicted molar refractivity (Wildman–Crippen MR) is 401 cm³/mol. The third-order valence-electron chi connectivity index (χ3n) is 18.7. The van der Waals surface area contributed by atoms with E-state index in [1.54, 1.807) is 85.2 Å². The number of aryl methyl sites for hydroxylation is 3. The van der Waals surface area contributed by atoms with Crippen LogP contribution in [0.5, 0.6) is 0 Å². The molecule has 16 rings (SSSR count). The van der Waals surface area contributed by atoms with Crippen LogP contribution in [0, 0.1) is 20.8 Å². The predicted octanol–water partition coefficient (Wildman–Crippen LogP) is 10.9. The molecule has 0 amide bonds. The van der Waals surface area contributed by atoms with Crippen LogP contribution >= 0.6 is 22.7 Å². The van der Waals surface area contributed by atoms with Gasteiger partial charge in [0.2, 0.25) is 5.89 Å².